The second-order valence-electron chi connectivity index (χ2n) is 5.22. The highest BCUT2D eigenvalue weighted by molar-refractivity contribution is 8.13. The van der Waals surface area contributed by atoms with Crippen molar-refractivity contribution in [3.63, 3.8) is 0 Å². The Balaban J connectivity index is 2.31. The maximum absolute atomic E-state index is 12.8. The predicted octanol–water partition coefficient (Wildman–Crippen LogP) is 3.12. The third kappa shape index (κ3) is 3.80. The lowest BCUT2D eigenvalue weighted by atomic mass is 10.0. The Labute approximate surface area is 135 Å². The van der Waals surface area contributed by atoms with Crippen LogP contribution in [0.4, 0.5) is 5.69 Å². The summed E-state index contributed by atoms with van der Waals surface area (Å²) in [6, 6.07) is 7.55. The number of benzene rings is 1. The molecular formula is C16H20N4OS. The van der Waals surface area contributed by atoms with E-state index in [1.165, 1.54) is 18.2 Å². The van der Waals surface area contributed by atoms with Gasteiger partial charge in [0.05, 0.1) is 11.3 Å². The Morgan fingerprint density at radius 1 is 1.45 bits per heavy atom. The third-order valence-corrected chi connectivity index (χ3v) is 4.36. The molecule has 1 aromatic rings. The molecule has 1 amide bonds. The largest absolute Gasteiger partial charge is 0.336 e. The number of nitriles is 1. The zero-order valence-corrected chi connectivity index (χ0v) is 13.7. The van der Waals surface area contributed by atoms with Crippen LogP contribution in [0.25, 0.3) is 0 Å². The van der Waals surface area contributed by atoms with Crippen molar-refractivity contribution in [1.29, 1.82) is 5.26 Å². The van der Waals surface area contributed by atoms with Gasteiger partial charge in [0.15, 0.2) is 11.4 Å². The van der Waals surface area contributed by atoms with Crippen molar-refractivity contribution in [3.05, 3.63) is 29.8 Å². The molecule has 0 aliphatic carbocycles. The zero-order chi connectivity index (χ0) is 15.9. The van der Waals surface area contributed by atoms with E-state index >= 15 is 0 Å². The fourth-order valence-electron chi connectivity index (χ4n) is 2.59. The molecule has 0 aromatic heterocycles. The first kappa shape index (κ1) is 16.4. The maximum atomic E-state index is 12.8. The molecule has 1 fully saturated rings. The average Bonchev–Trinajstić information content (AvgIpc) is 2.54. The van der Waals surface area contributed by atoms with Crippen molar-refractivity contribution in [3.8, 4) is 6.19 Å². The molecule has 0 bridgehead atoms. The lowest BCUT2D eigenvalue weighted by Gasteiger charge is -2.33. The van der Waals surface area contributed by atoms with Gasteiger partial charge in [-0.1, -0.05) is 23.9 Å². The molecule has 22 heavy (non-hydrogen) atoms. The number of para-hydroxylation sites is 1. The van der Waals surface area contributed by atoms with Crippen molar-refractivity contribution in [2.24, 2.45) is 4.99 Å². The zero-order valence-electron chi connectivity index (χ0n) is 12.9. The summed E-state index contributed by atoms with van der Waals surface area (Å²) in [4.78, 5) is 19.2. The number of aliphatic imine (C=N–C) groups is 1. The van der Waals surface area contributed by atoms with Gasteiger partial charge in [0.2, 0.25) is 0 Å². The number of thioether (sulfide) groups is 1. The van der Waals surface area contributed by atoms with Crippen molar-refractivity contribution in [2.75, 3.05) is 12.8 Å². The van der Waals surface area contributed by atoms with E-state index in [0.717, 1.165) is 19.4 Å². The quantitative estimate of drug-likeness (QED) is 0.394. The smallest absolute Gasteiger partial charge is 0.256 e. The summed E-state index contributed by atoms with van der Waals surface area (Å²) in [5.41, 5.74) is 1.18. The topological polar surface area (TPSA) is 68.5 Å². The van der Waals surface area contributed by atoms with Crippen molar-refractivity contribution in [2.45, 2.75) is 32.2 Å². The van der Waals surface area contributed by atoms with Gasteiger partial charge in [-0.25, -0.2) is 4.99 Å². The third-order valence-electron chi connectivity index (χ3n) is 3.78. The number of piperidine rings is 1. The number of likely N-dealkylation sites (tertiary alicyclic amines) is 1. The Kier molecular flexibility index (Phi) is 5.84. The SMILES string of the molecule is CSC(=Nc1ccccc1C(=O)N1CCCCC1C)NC#N. The molecule has 1 N–H and O–H groups in total. The van der Waals surface area contributed by atoms with Crippen LogP contribution in [0.5, 0.6) is 0 Å². The second-order valence-corrected chi connectivity index (χ2v) is 6.01. The molecule has 1 unspecified atom stereocenters. The molecule has 1 atom stereocenters. The molecule has 0 radical (unpaired) electrons. The van der Waals surface area contributed by atoms with E-state index in [2.05, 4.69) is 17.2 Å². The number of amides is 1. The van der Waals surface area contributed by atoms with Gasteiger partial charge in [-0.3, -0.25) is 10.1 Å². The molecule has 1 aromatic carbocycles. The molecule has 0 spiro atoms. The van der Waals surface area contributed by atoms with Gasteiger partial charge in [0, 0.05) is 12.6 Å². The number of amidine groups is 1. The highest BCUT2D eigenvalue weighted by atomic mass is 32.2. The van der Waals surface area contributed by atoms with E-state index in [1.807, 2.05) is 29.5 Å². The van der Waals surface area contributed by atoms with Crippen LogP contribution < -0.4 is 5.32 Å². The summed E-state index contributed by atoms with van der Waals surface area (Å²) in [6.45, 7) is 2.89. The van der Waals surface area contributed by atoms with Crippen LogP contribution in [-0.4, -0.2) is 34.8 Å². The Morgan fingerprint density at radius 3 is 2.91 bits per heavy atom. The highest BCUT2D eigenvalue weighted by Crippen LogP contribution is 2.25. The van der Waals surface area contributed by atoms with Crippen LogP contribution in [0.15, 0.2) is 29.3 Å². The number of hydrogen-bond acceptors (Lipinski definition) is 4. The highest BCUT2D eigenvalue weighted by Gasteiger charge is 2.25. The first-order valence-corrected chi connectivity index (χ1v) is 8.57. The van der Waals surface area contributed by atoms with Crippen molar-refractivity contribution >= 4 is 28.5 Å². The number of nitrogens with one attached hydrogen (secondary N) is 1. The van der Waals surface area contributed by atoms with E-state index in [9.17, 15) is 4.79 Å². The molecular weight excluding hydrogens is 296 g/mol. The van der Waals surface area contributed by atoms with Gasteiger partial charge in [0.25, 0.3) is 5.91 Å². The second kappa shape index (κ2) is 7.85. The predicted molar refractivity (Wildman–Crippen MR) is 90.2 cm³/mol. The number of nitrogens with zero attached hydrogens (tertiary/aromatic N) is 3. The number of hydrogen-bond donors (Lipinski definition) is 1. The van der Waals surface area contributed by atoms with Gasteiger partial charge < -0.3 is 4.90 Å². The molecule has 1 saturated heterocycles. The van der Waals surface area contributed by atoms with Gasteiger partial charge in [-0.05, 0) is 44.6 Å². The first-order valence-electron chi connectivity index (χ1n) is 7.35. The summed E-state index contributed by atoms with van der Waals surface area (Å²) in [5.74, 6) is 0.0176. The minimum absolute atomic E-state index is 0.0176. The summed E-state index contributed by atoms with van der Waals surface area (Å²) in [5, 5.41) is 11.7. The lowest BCUT2D eigenvalue weighted by Crippen LogP contribution is -2.42. The van der Waals surface area contributed by atoms with Crippen molar-refractivity contribution < 1.29 is 4.79 Å². The van der Waals surface area contributed by atoms with E-state index in [1.54, 1.807) is 12.1 Å². The summed E-state index contributed by atoms with van der Waals surface area (Å²) >= 11 is 1.34. The van der Waals surface area contributed by atoms with Crippen LogP contribution in [-0.2, 0) is 0 Å². The fourth-order valence-corrected chi connectivity index (χ4v) is 2.93. The van der Waals surface area contributed by atoms with E-state index in [4.69, 9.17) is 5.26 Å². The van der Waals surface area contributed by atoms with Gasteiger partial charge >= 0.3 is 0 Å². The van der Waals surface area contributed by atoms with Crippen LogP contribution in [0, 0.1) is 11.5 Å². The molecule has 1 heterocycles. The summed E-state index contributed by atoms with van der Waals surface area (Å²) in [7, 11) is 0. The van der Waals surface area contributed by atoms with E-state index in [-0.39, 0.29) is 11.9 Å². The molecule has 6 heteroatoms. The van der Waals surface area contributed by atoms with Crippen LogP contribution in [0.3, 0.4) is 0 Å². The standard InChI is InChI=1S/C16H20N4OS/c1-12-7-5-6-10-20(12)15(21)13-8-3-4-9-14(13)19-16(22-2)18-11-17/h3-4,8-9,12H,5-7,10H2,1-2H3,(H,18,19). The first-order chi connectivity index (χ1) is 10.7. The fraction of sp³-hybridized carbons (Fsp3) is 0.438. The van der Waals surface area contributed by atoms with Crippen LogP contribution in [0.2, 0.25) is 0 Å². The van der Waals surface area contributed by atoms with E-state index in [0.29, 0.717) is 16.4 Å². The van der Waals surface area contributed by atoms with Gasteiger partial charge in [-0.2, -0.15) is 5.26 Å². The monoisotopic (exact) mass is 316 g/mol. The Hall–Kier alpha value is -2.00. The molecule has 5 nitrogen and oxygen atoms in total. The minimum Gasteiger partial charge on any atom is -0.336 e. The maximum Gasteiger partial charge on any atom is 0.256 e. The van der Waals surface area contributed by atoms with Gasteiger partial charge in [-0.15, -0.1) is 0 Å². The molecule has 1 aliphatic heterocycles. The van der Waals surface area contributed by atoms with Crippen LogP contribution in [0.1, 0.15) is 36.5 Å². The molecule has 116 valence electrons. The molecule has 0 saturated carbocycles. The van der Waals surface area contributed by atoms with Gasteiger partial charge in [0.1, 0.15) is 0 Å². The normalized spacial score (nSPS) is 18.7. The minimum atomic E-state index is 0.0176. The number of carbonyl (C=O) groups is 1. The number of carbonyl (C=O) groups excluding carboxylic acids is 1. The Bertz CT molecular complexity index is 608. The number of rotatable bonds is 2. The molecule has 1 aliphatic rings. The average molecular weight is 316 g/mol. The summed E-state index contributed by atoms with van der Waals surface area (Å²) in [6.07, 6.45) is 6.96. The molecule has 2 rings (SSSR count). The van der Waals surface area contributed by atoms with Crippen molar-refractivity contribution in [1.82, 2.24) is 10.2 Å². The Morgan fingerprint density at radius 2 is 2.23 bits per heavy atom. The van der Waals surface area contributed by atoms with E-state index < -0.39 is 0 Å². The summed E-state index contributed by atoms with van der Waals surface area (Å²) < 4.78 is 0. The lowest BCUT2D eigenvalue weighted by molar-refractivity contribution is 0.0636. The van der Waals surface area contributed by atoms with Crippen LogP contribution >= 0.6 is 11.8 Å².